The monoisotopic (exact) mass is 458 g/mol. The van der Waals surface area contributed by atoms with Gasteiger partial charge in [0.05, 0.1) is 6.54 Å². The lowest BCUT2D eigenvalue weighted by Gasteiger charge is -2.11. The molecule has 3 aromatic heterocycles. The second-order valence-corrected chi connectivity index (χ2v) is 8.85. The van der Waals surface area contributed by atoms with E-state index in [1.165, 1.54) is 11.3 Å². The zero-order valence-corrected chi connectivity index (χ0v) is 18.8. The van der Waals surface area contributed by atoms with Gasteiger partial charge in [0.1, 0.15) is 21.0 Å². The van der Waals surface area contributed by atoms with Crippen LogP contribution in [0.3, 0.4) is 0 Å². The summed E-state index contributed by atoms with van der Waals surface area (Å²) >= 11 is 1.28. The van der Waals surface area contributed by atoms with Crippen molar-refractivity contribution >= 4 is 27.7 Å². The average molecular weight is 459 g/mol. The van der Waals surface area contributed by atoms with E-state index in [1.54, 1.807) is 6.07 Å². The minimum Gasteiger partial charge on any atom is -0.477 e. The molecule has 0 amide bonds. The van der Waals surface area contributed by atoms with Crippen LogP contribution >= 0.6 is 11.3 Å². The van der Waals surface area contributed by atoms with Crippen molar-refractivity contribution in [3.8, 4) is 22.5 Å². The quantitative estimate of drug-likeness (QED) is 0.337. The van der Waals surface area contributed by atoms with Gasteiger partial charge in [0, 0.05) is 12.0 Å². The predicted octanol–water partition coefficient (Wildman–Crippen LogP) is 5.03. The average Bonchev–Trinajstić information content (AvgIpc) is 3.56. The molecule has 0 atom stereocenters. The Morgan fingerprint density at radius 2 is 1.91 bits per heavy atom. The molecule has 9 heteroatoms. The van der Waals surface area contributed by atoms with Gasteiger partial charge in [-0.25, -0.2) is 14.9 Å². The highest BCUT2D eigenvalue weighted by molar-refractivity contribution is 7.20. The number of carboxylic acids is 1. The first-order valence-electron chi connectivity index (χ1n) is 10.8. The molecule has 0 aliphatic rings. The number of imidazole rings is 1. The molecule has 0 unspecified atom stereocenters. The van der Waals surface area contributed by atoms with E-state index in [-0.39, 0.29) is 0 Å². The predicted molar refractivity (Wildman–Crippen MR) is 127 cm³/mol. The molecule has 2 N–H and O–H groups in total. The van der Waals surface area contributed by atoms with Crippen molar-refractivity contribution in [2.24, 2.45) is 0 Å². The number of hydrogen-bond acceptors (Lipinski definition) is 6. The molecule has 0 aliphatic carbocycles. The van der Waals surface area contributed by atoms with Crippen LogP contribution < -0.4 is 0 Å². The Morgan fingerprint density at radius 1 is 1.12 bits per heavy atom. The van der Waals surface area contributed by atoms with Gasteiger partial charge in [-0.15, -0.1) is 16.4 Å². The van der Waals surface area contributed by atoms with Crippen LogP contribution in [0.5, 0.6) is 0 Å². The number of fused-ring (bicyclic) bond motifs is 1. The molecule has 2 aromatic carbocycles. The highest BCUT2D eigenvalue weighted by atomic mass is 32.1. The molecule has 5 rings (SSSR count). The number of aromatic amines is 1. The van der Waals surface area contributed by atoms with Gasteiger partial charge < -0.3 is 9.67 Å². The minimum absolute atomic E-state index is 0.317. The van der Waals surface area contributed by atoms with E-state index in [0.717, 1.165) is 57.7 Å². The number of tetrazole rings is 1. The van der Waals surface area contributed by atoms with Crippen molar-refractivity contribution in [3.63, 3.8) is 0 Å². The molecular formula is C24H22N6O2S. The number of benzene rings is 2. The van der Waals surface area contributed by atoms with E-state index in [0.29, 0.717) is 17.2 Å². The number of aromatic nitrogens is 6. The summed E-state index contributed by atoms with van der Waals surface area (Å²) in [7, 11) is 0. The van der Waals surface area contributed by atoms with Crippen molar-refractivity contribution in [2.45, 2.75) is 32.7 Å². The lowest BCUT2D eigenvalue weighted by atomic mass is 9.98. The third-order valence-corrected chi connectivity index (χ3v) is 6.73. The zero-order chi connectivity index (χ0) is 22.8. The summed E-state index contributed by atoms with van der Waals surface area (Å²) in [6.45, 7) is 2.80. The molecule has 0 fully saturated rings. The van der Waals surface area contributed by atoms with Gasteiger partial charge in [-0.05, 0) is 39.6 Å². The second kappa shape index (κ2) is 8.95. The van der Waals surface area contributed by atoms with Crippen LogP contribution in [0.25, 0.3) is 32.9 Å². The molecule has 5 aromatic rings. The van der Waals surface area contributed by atoms with Crippen LogP contribution in [-0.2, 0) is 13.0 Å². The Morgan fingerprint density at radius 3 is 2.61 bits per heavy atom. The first kappa shape index (κ1) is 21.0. The van der Waals surface area contributed by atoms with E-state index in [9.17, 15) is 9.90 Å². The van der Waals surface area contributed by atoms with Gasteiger partial charge in [-0.1, -0.05) is 61.9 Å². The number of hydrogen-bond donors (Lipinski definition) is 2. The van der Waals surface area contributed by atoms with E-state index < -0.39 is 5.97 Å². The third-order valence-electron chi connectivity index (χ3n) is 5.60. The summed E-state index contributed by atoms with van der Waals surface area (Å²) in [5.74, 6) is 0.717. The Hall–Kier alpha value is -3.85. The van der Waals surface area contributed by atoms with Gasteiger partial charge in [0.15, 0.2) is 5.82 Å². The fourth-order valence-corrected chi connectivity index (χ4v) is 4.90. The third kappa shape index (κ3) is 4.14. The highest BCUT2D eigenvalue weighted by Gasteiger charge is 2.17. The van der Waals surface area contributed by atoms with Crippen molar-refractivity contribution in [2.75, 3.05) is 0 Å². The fraction of sp³-hybridized carbons (Fsp3) is 0.208. The molecule has 3 heterocycles. The SMILES string of the molecule is CCCCc1nc2cc(C(=O)O)sc2n1Cc1ccc(-c2ccccc2-c2nnn[nH]2)cc1. The molecule has 0 aliphatic heterocycles. The Kier molecular flexibility index (Phi) is 5.70. The molecule has 8 nitrogen and oxygen atoms in total. The lowest BCUT2D eigenvalue weighted by molar-refractivity contribution is 0.0702. The van der Waals surface area contributed by atoms with Gasteiger partial charge >= 0.3 is 5.97 Å². The summed E-state index contributed by atoms with van der Waals surface area (Å²) in [6, 6.07) is 18.1. The molecule has 166 valence electrons. The molecule has 0 spiro atoms. The normalized spacial score (nSPS) is 11.3. The topological polar surface area (TPSA) is 110 Å². The van der Waals surface area contributed by atoms with Crippen LogP contribution in [0.1, 0.15) is 40.8 Å². The number of H-pyrrole nitrogens is 1. The lowest BCUT2D eigenvalue weighted by Crippen LogP contribution is -2.05. The molecule has 33 heavy (non-hydrogen) atoms. The summed E-state index contributed by atoms with van der Waals surface area (Å²) in [6.07, 6.45) is 2.99. The van der Waals surface area contributed by atoms with Crippen molar-refractivity contribution in [3.05, 3.63) is 70.9 Å². The number of unbranched alkanes of at least 4 members (excludes halogenated alkanes) is 1. The number of thiophene rings is 1. The summed E-state index contributed by atoms with van der Waals surface area (Å²) < 4.78 is 2.16. The Balaban J connectivity index is 1.47. The van der Waals surface area contributed by atoms with Crippen molar-refractivity contribution in [1.82, 2.24) is 30.2 Å². The Bertz CT molecular complexity index is 1400. The van der Waals surface area contributed by atoms with Crippen LogP contribution in [0.15, 0.2) is 54.6 Å². The molecule has 0 bridgehead atoms. The standard InChI is InChI=1S/C24H22N6O2S/c1-2-3-8-21-25-19-13-20(24(31)32)33-23(19)30(21)14-15-9-11-16(12-10-15)17-6-4-5-7-18(17)22-26-28-29-27-22/h4-7,9-13H,2-3,8,14H2,1H3,(H,31,32)(H,26,27,28,29). The molecular weight excluding hydrogens is 436 g/mol. The maximum absolute atomic E-state index is 11.4. The first-order chi connectivity index (χ1) is 16.1. The van der Waals surface area contributed by atoms with E-state index in [2.05, 4.69) is 56.4 Å². The van der Waals surface area contributed by atoms with Gasteiger partial charge in [0.25, 0.3) is 0 Å². The molecule has 0 saturated heterocycles. The van der Waals surface area contributed by atoms with E-state index >= 15 is 0 Å². The maximum atomic E-state index is 11.4. The van der Waals surface area contributed by atoms with Crippen LogP contribution in [0, 0.1) is 0 Å². The van der Waals surface area contributed by atoms with Crippen molar-refractivity contribution < 1.29 is 9.90 Å². The number of nitrogens with zero attached hydrogens (tertiary/aromatic N) is 5. The number of carboxylic acid groups (broad SMARTS) is 1. The minimum atomic E-state index is -0.912. The second-order valence-electron chi connectivity index (χ2n) is 7.82. The van der Waals surface area contributed by atoms with Gasteiger partial charge in [-0.3, -0.25) is 0 Å². The van der Waals surface area contributed by atoms with Gasteiger partial charge in [-0.2, -0.15) is 0 Å². The maximum Gasteiger partial charge on any atom is 0.346 e. The highest BCUT2D eigenvalue weighted by Crippen LogP contribution is 2.31. The van der Waals surface area contributed by atoms with Crippen molar-refractivity contribution in [1.29, 1.82) is 0 Å². The summed E-state index contributed by atoms with van der Waals surface area (Å²) in [4.78, 5) is 17.4. The van der Waals surface area contributed by atoms with Gasteiger partial charge in [0.2, 0.25) is 0 Å². The number of nitrogens with one attached hydrogen (secondary N) is 1. The number of aryl methyl sites for hydroxylation is 1. The van der Waals surface area contributed by atoms with E-state index in [1.807, 2.05) is 24.3 Å². The smallest absolute Gasteiger partial charge is 0.346 e. The number of rotatable bonds is 8. The Labute approximate surface area is 193 Å². The summed E-state index contributed by atoms with van der Waals surface area (Å²) in [5.41, 5.74) is 4.93. The van der Waals surface area contributed by atoms with Crippen LogP contribution in [0.4, 0.5) is 0 Å². The van der Waals surface area contributed by atoms with Crippen LogP contribution in [0.2, 0.25) is 0 Å². The summed E-state index contributed by atoms with van der Waals surface area (Å²) in [5, 5.41) is 23.6. The fourth-order valence-electron chi connectivity index (χ4n) is 3.94. The largest absolute Gasteiger partial charge is 0.477 e. The first-order valence-corrected chi connectivity index (χ1v) is 11.6. The molecule has 0 saturated carbocycles. The van der Waals surface area contributed by atoms with Crippen LogP contribution in [-0.4, -0.2) is 41.3 Å². The van der Waals surface area contributed by atoms with E-state index in [4.69, 9.17) is 4.98 Å². The number of aromatic carboxylic acids is 1. The molecule has 0 radical (unpaired) electrons. The zero-order valence-electron chi connectivity index (χ0n) is 18.0. The number of carbonyl (C=O) groups is 1.